The first kappa shape index (κ1) is 19.8. The summed E-state index contributed by atoms with van der Waals surface area (Å²) in [6.07, 6.45) is 0.406. The van der Waals surface area contributed by atoms with Crippen molar-refractivity contribution in [3.8, 4) is 0 Å². The summed E-state index contributed by atoms with van der Waals surface area (Å²) in [5.41, 5.74) is 1.20. The molecule has 1 N–H and O–H groups in total. The van der Waals surface area contributed by atoms with E-state index in [1.54, 1.807) is 73.3 Å². The molecule has 0 spiro atoms. The molecule has 0 bridgehead atoms. The van der Waals surface area contributed by atoms with Gasteiger partial charge in [-0.3, -0.25) is 14.9 Å². The molecular weight excluding hydrogens is 374 g/mol. The highest BCUT2D eigenvalue weighted by Crippen LogP contribution is 2.28. The number of aromatic nitrogens is 1. The molecule has 0 fully saturated rings. The Morgan fingerprint density at radius 2 is 1.83 bits per heavy atom. The summed E-state index contributed by atoms with van der Waals surface area (Å²) in [6.45, 7) is 1.72. The number of anilines is 1. The van der Waals surface area contributed by atoms with Crippen LogP contribution in [0.2, 0.25) is 0 Å². The Morgan fingerprint density at radius 1 is 1.10 bits per heavy atom. The van der Waals surface area contributed by atoms with Gasteiger partial charge in [-0.05, 0) is 30.7 Å². The summed E-state index contributed by atoms with van der Waals surface area (Å²) < 4.78 is 7.05. The first-order chi connectivity index (χ1) is 13.9. The monoisotopic (exact) mass is 393 g/mol. The van der Waals surface area contributed by atoms with Crippen LogP contribution in [0.3, 0.4) is 0 Å². The third-order valence-corrected chi connectivity index (χ3v) is 4.33. The molecule has 0 radical (unpaired) electrons. The fourth-order valence-corrected chi connectivity index (χ4v) is 2.84. The summed E-state index contributed by atoms with van der Waals surface area (Å²) in [4.78, 5) is 36.3. The number of aryl methyl sites for hydroxylation is 2. The fourth-order valence-electron chi connectivity index (χ4n) is 2.84. The van der Waals surface area contributed by atoms with E-state index in [4.69, 9.17) is 4.74 Å². The van der Waals surface area contributed by atoms with Gasteiger partial charge >= 0.3 is 5.97 Å². The molecule has 2 aromatic carbocycles. The minimum absolute atomic E-state index is 0.0291. The van der Waals surface area contributed by atoms with Crippen LogP contribution >= 0.6 is 0 Å². The number of esters is 1. The van der Waals surface area contributed by atoms with Gasteiger partial charge in [-0.2, -0.15) is 0 Å². The normalized spacial score (nSPS) is 11.5. The molecule has 3 aromatic rings. The molecule has 1 heterocycles. The summed E-state index contributed by atoms with van der Waals surface area (Å²) in [5, 5.41) is 13.9. The van der Waals surface area contributed by atoms with E-state index in [9.17, 15) is 19.7 Å². The molecule has 8 heteroatoms. The Hall–Kier alpha value is -3.94. The second-order valence-corrected chi connectivity index (χ2v) is 6.47. The fraction of sp³-hybridized carbons (Fsp3) is 0.143. The van der Waals surface area contributed by atoms with Crippen molar-refractivity contribution < 1.29 is 19.2 Å². The molecular formula is C21H19N3O5. The van der Waals surface area contributed by atoms with E-state index in [1.807, 2.05) is 0 Å². The minimum atomic E-state index is -1.28. The predicted molar refractivity (Wildman–Crippen MR) is 106 cm³/mol. The average molecular weight is 393 g/mol. The first-order valence-corrected chi connectivity index (χ1v) is 8.80. The Bertz CT molecular complexity index is 1060. The van der Waals surface area contributed by atoms with Gasteiger partial charge in [0, 0.05) is 24.9 Å². The van der Waals surface area contributed by atoms with Crippen LogP contribution in [0.5, 0.6) is 0 Å². The largest absolute Gasteiger partial charge is 0.443 e. The van der Waals surface area contributed by atoms with Crippen LogP contribution in [0, 0.1) is 17.0 Å². The van der Waals surface area contributed by atoms with Gasteiger partial charge in [-0.15, -0.1) is 0 Å². The van der Waals surface area contributed by atoms with E-state index in [2.05, 4.69) is 5.32 Å². The second kappa shape index (κ2) is 8.39. The number of rotatable bonds is 6. The van der Waals surface area contributed by atoms with Crippen LogP contribution in [-0.4, -0.2) is 21.4 Å². The third-order valence-electron chi connectivity index (χ3n) is 4.33. The smallest absolute Gasteiger partial charge is 0.356 e. The van der Waals surface area contributed by atoms with Gasteiger partial charge in [0.1, 0.15) is 11.4 Å². The number of hydrogen-bond acceptors (Lipinski definition) is 5. The molecule has 3 rings (SSSR count). The molecule has 0 unspecified atom stereocenters. The number of nitro benzene ring substituents is 1. The molecule has 0 aliphatic rings. The van der Waals surface area contributed by atoms with Crippen molar-refractivity contribution in [2.24, 2.45) is 7.05 Å². The first-order valence-electron chi connectivity index (χ1n) is 8.80. The zero-order valence-corrected chi connectivity index (χ0v) is 15.9. The molecule has 1 atom stereocenters. The van der Waals surface area contributed by atoms with Crippen molar-refractivity contribution >= 4 is 23.3 Å². The summed E-state index contributed by atoms with van der Waals surface area (Å²) in [5.74, 6) is -1.37. The number of benzene rings is 2. The number of carbonyl (C=O) groups excluding carboxylic acids is 2. The topological polar surface area (TPSA) is 103 Å². The van der Waals surface area contributed by atoms with Gasteiger partial charge in [-0.25, -0.2) is 4.79 Å². The lowest BCUT2D eigenvalue weighted by atomic mass is 10.1. The quantitative estimate of drug-likeness (QED) is 0.390. The molecule has 0 aliphatic heterocycles. The van der Waals surface area contributed by atoms with Gasteiger partial charge < -0.3 is 14.6 Å². The molecule has 8 nitrogen and oxygen atoms in total. The van der Waals surface area contributed by atoms with Gasteiger partial charge in [0.25, 0.3) is 11.6 Å². The summed E-state index contributed by atoms with van der Waals surface area (Å²) in [6, 6.07) is 16.2. The van der Waals surface area contributed by atoms with E-state index in [0.717, 1.165) is 0 Å². The van der Waals surface area contributed by atoms with Crippen molar-refractivity contribution in [3.63, 3.8) is 0 Å². The van der Waals surface area contributed by atoms with Crippen LogP contribution in [0.15, 0.2) is 66.9 Å². The number of amides is 1. The standard InChI is InChI=1S/C21H19N3O5/c1-14-10-11-16(18(13-14)24(27)28)22-20(25)19(15-7-4-3-5-8-15)29-21(26)17-9-6-12-23(17)2/h3-13,19H,1-2H3,(H,22,25)/t19-/m0/s1. The van der Waals surface area contributed by atoms with Crippen LogP contribution in [0.1, 0.15) is 27.7 Å². The van der Waals surface area contributed by atoms with E-state index < -0.39 is 22.9 Å². The molecule has 1 amide bonds. The Morgan fingerprint density at radius 3 is 2.45 bits per heavy atom. The lowest BCUT2D eigenvalue weighted by molar-refractivity contribution is -0.384. The molecule has 0 aliphatic carbocycles. The van der Waals surface area contributed by atoms with Gasteiger partial charge in [0.15, 0.2) is 0 Å². The molecule has 148 valence electrons. The number of nitrogens with one attached hydrogen (secondary N) is 1. The number of hydrogen-bond donors (Lipinski definition) is 1. The molecule has 1 aromatic heterocycles. The molecule has 29 heavy (non-hydrogen) atoms. The predicted octanol–water partition coefficient (Wildman–Crippen LogP) is 3.78. The van der Waals surface area contributed by atoms with Crippen molar-refractivity contribution in [2.75, 3.05) is 5.32 Å². The second-order valence-electron chi connectivity index (χ2n) is 6.47. The molecule has 0 saturated carbocycles. The van der Waals surface area contributed by atoms with E-state index >= 15 is 0 Å². The van der Waals surface area contributed by atoms with Crippen molar-refractivity contribution in [1.82, 2.24) is 4.57 Å². The highest BCUT2D eigenvalue weighted by Gasteiger charge is 2.28. The van der Waals surface area contributed by atoms with Crippen molar-refractivity contribution in [1.29, 1.82) is 0 Å². The average Bonchev–Trinajstić information content (AvgIpc) is 3.13. The lowest BCUT2D eigenvalue weighted by Gasteiger charge is -2.18. The SMILES string of the molecule is Cc1ccc(NC(=O)[C@@H](OC(=O)c2cccn2C)c2ccccc2)c([N+](=O)[O-])c1. The maximum Gasteiger partial charge on any atom is 0.356 e. The maximum absolute atomic E-state index is 12.9. The van der Waals surface area contributed by atoms with Gasteiger partial charge in [0.2, 0.25) is 6.10 Å². The maximum atomic E-state index is 12.9. The van der Waals surface area contributed by atoms with E-state index in [-0.39, 0.29) is 17.1 Å². The highest BCUT2D eigenvalue weighted by atomic mass is 16.6. The van der Waals surface area contributed by atoms with E-state index in [1.165, 1.54) is 12.1 Å². The summed E-state index contributed by atoms with van der Waals surface area (Å²) >= 11 is 0. The number of carbonyl (C=O) groups is 2. The van der Waals surface area contributed by atoms with Gasteiger partial charge in [0.05, 0.1) is 4.92 Å². The number of nitro groups is 1. The summed E-state index contributed by atoms with van der Waals surface area (Å²) in [7, 11) is 1.68. The Kier molecular flexibility index (Phi) is 5.73. The molecule has 0 saturated heterocycles. The van der Waals surface area contributed by atoms with E-state index in [0.29, 0.717) is 11.1 Å². The van der Waals surface area contributed by atoms with Crippen molar-refractivity contribution in [3.05, 3.63) is 93.8 Å². The van der Waals surface area contributed by atoms with Gasteiger partial charge in [-0.1, -0.05) is 36.4 Å². The zero-order valence-electron chi connectivity index (χ0n) is 15.9. The van der Waals surface area contributed by atoms with Crippen LogP contribution < -0.4 is 5.32 Å². The van der Waals surface area contributed by atoms with Crippen LogP contribution in [-0.2, 0) is 16.6 Å². The van der Waals surface area contributed by atoms with Crippen molar-refractivity contribution in [2.45, 2.75) is 13.0 Å². The van der Waals surface area contributed by atoms with Crippen LogP contribution in [0.4, 0.5) is 11.4 Å². The van der Waals surface area contributed by atoms with Crippen LogP contribution in [0.25, 0.3) is 0 Å². The third kappa shape index (κ3) is 4.49. The Labute approximate surface area is 166 Å². The number of nitrogens with zero attached hydrogens (tertiary/aromatic N) is 2. The minimum Gasteiger partial charge on any atom is -0.443 e. The lowest BCUT2D eigenvalue weighted by Crippen LogP contribution is -2.26. The number of ether oxygens (including phenoxy) is 1. The highest BCUT2D eigenvalue weighted by molar-refractivity contribution is 5.99. The Balaban J connectivity index is 1.91. The zero-order chi connectivity index (χ0) is 21.0.